The summed E-state index contributed by atoms with van der Waals surface area (Å²) in [6.45, 7) is 7.75. The fraction of sp³-hybridized carbons (Fsp3) is 0.708. The molecule has 0 aromatic heterocycles. The molecule has 5 nitrogen and oxygen atoms in total. The van der Waals surface area contributed by atoms with Crippen molar-refractivity contribution in [3.05, 3.63) is 35.9 Å². The van der Waals surface area contributed by atoms with Gasteiger partial charge in [0.25, 0.3) is 0 Å². The molecular formula is C24H38N4O. The standard InChI is InChI=1S/C24H38N4O/c29-24(26-22-8-13-25-14-9-22)21-7-4-15-28(19-21)23-11-17-27(18-12-23)16-10-20-5-2-1-3-6-20/h1-3,5-6,21-23,25H,4,7-19H2,(H,26,29). The van der Waals surface area contributed by atoms with Crippen LogP contribution in [0.5, 0.6) is 0 Å². The molecule has 3 saturated heterocycles. The first-order valence-corrected chi connectivity index (χ1v) is 11.8. The van der Waals surface area contributed by atoms with Gasteiger partial charge in [0.15, 0.2) is 0 Å². The van der Waals surface area contributed by atoms with Gasteiger partial charge < -0.3 is 15.5 Å². The third-order valence-corrected chi connectivity index (χ3v) is 7.14. The predicted molar refractivity (Wildman–Crippen MR) is 118 cm³/mol. The van der Waals surface area contributed by atoms with Crippen molar-refractivity contribution in [3.63, 3.8) is 0 Å². The Morgan fingerprint density at radius 1 is 1.00 bits per heavy atom. The molecule has 0 bridgehead atoms. The smallest absolute Gasteiger partial charge is 0.224 e. The van der Waals surface area contributed by atoms with Crippen LogP contribution < -0.4 is 10.6 Å². The number of carbonyl (C=O) groups excluding carboxylic acids is 1. The Hall–Kier alpha value is -1.43. The number of nitrogens with zero attached hydrogens (tertiary/aromatic N) is 2. The molecule has 0 saturated carbocycles. The van der Waals surface area contributed by atoms with E-state index in [0.29, 0.717) is 18.0 Å². The van der Waals surface area contributed by atoms with E-state index in [0.717, 1.165) is 51.9 Å². The van der Waals surface area contributed by atoms with Crippen LogP contribution in [0.15, 0.2) is 30.3 Å². The Morgan fingerprint density at radius 3 is 2.52 bits per heavy atom. The Morgan fingerprint density at radius 2 is 1.76 bits per heavy atom. The number of amides is 1. The molecule has 29 heavy (non-hydrogen) atoms. The molecule has 5 heteroatoms. The zero-order chi connectivity index (χ0) is 19.9. The third kappa shape index (κ3) is 6.03. The first-order valence-electron chi connectivity index (χ1n) is 11.8. The molecule has 2 N–H and O–H groups in total. The highest BCUT2D eigenvalue weighted by Crippen LogP contribution is 2.24. The van der Waals surface area contributed by atoms with Gasteiger partial charge in [-0.3, -0.25) is 9.69 Å². The molecule has 160 valence electrons. The minimum Gasteiger partial charge on any atom is -0.353 e. The Bertz CT molecular complexity index is 623. The third-order valence-electron chi connectivity index (χ3n) is 7.14. The van der Waals surface area contributed by atoms with E-state index < -0.39 is 0 Å². The van der Waals surface area contributed by atoms with Gasteiger partial charge in [-0.15, -0.1) is 0 Å². The van der Waals surface area contributed by atoms with Crippen LogP contribution >= 0.6 is 0 Å². The highest BCUT2D eigenvalue weighted by atomic mass is 16.2. The summed E-state index contributed by atoms with van der Waals surface area (Å²) in [5, 5.41) is 6.71. The van der Waals surface area contributed by atoms with Gasteiger partial charge in [0.1, 0.15) is 0 Å². The van der Waals surface area contributed by atoms with Gasteiger partial charge in [0.05, 0.1) is 5.92 Å². The van der Waals surface area contributed by atoms with Crippen LogP contribution in [0.4, 0.5) is 0 Å². The highest BCUT2D eigenvalue weighted by Gasteiger charge is 2.32. The van der Waals surface area contributed by atoms with Crippen molar-refractivity contribution in [2.24, 2.45) is 5.92 Å². The van der Waals surface area contributed by atoms with Crippen molar-refractivity contribution in [2.75, 3.05) is 45.8 Å². The SMILES string of the molecule is O=C(NC1CCNCC1)C1CCCN(C2CCN(CCc3ccccc3)CC2)C1. The molecule has 3 aliphatic heterocycles. The lowest BCUT2D eigenvalue weighted by Gasteiger charge is -2.42. The molecule has 1 aromatic carbocycles. The first kappa shape index (κ1) is 20.8. The van der Waals surface area contributed by atoms with Crippen molar-refractivity contribution >= 4 is 5.91 Å². The molecule has 0 spiro atoms. The lowest BCUT2D eigenvalue weighted by Crippen LogP contribution is -2.52. The van der Waals surface area contributed by atoms with E-state index in [1.165, 1.54) is 44.5 Å². The number of nitrogens with one attached hydrogen (secondary N) is 2. The molecule has 1 atom stereocenters. The predicted octanol–water partition coefficient (Wildman–Crippen LogP) is 2.27. The summed E-state index contributed by atoms with van der Waals surface area (Å²) >= 11 is 0. The molecule has 0 aliphatic carbocycles. The van der Waals surface area contributed by atoms with E-state index in [9.17, 15) is 4.79 Å². The van der Waals surface area contributed by atoms with Crippen molar-refractivity contribution in [3.8, 4) is 0 Å². The van der Waals surface area contributed by atoms with Gasteiger partial charge in [0.2, 0.25) is 5.91 Å². The topological polar surface area (TPSA) is 47.6 Å². The Balaban J connectivity index is 1.19. The first-order chi connectivity index (χ1) is 14.3. The van der Waals surface area contributed by atoms with E-state index >= 15 is 0 Å². The van der Waals surface area contributed by atoms with E-state index in [2.05, 4.69) is 50.8 Å². The van der Waals surface area contributed by atoms with Crippen molar-refractivity contribution < 1.29 is 4.79 Å². The monoisotopic (exact) mass is 398 g/mol. The van der Waals surface area contributed by atoms with Crippen LogP contribution in [0.1, 0.15) is 44.1 Å². The van der Waals surface area contributed by atoms with Crippen LogP contribution in [0.25, 0.3) is 0 Å². The second-order valence-corrected chi connectivity index (χ2v) is 9.18. The summed E-state index contributed by atoms with van der Waals surface area (Å²) in [6, 6.07) is 11.9. The fourth-order valence-corrected chi connectivity index (χ4v) is 5.28. The molecule has 1 aromatic rings. The van der Waals surface area contributed by atoms with Gasteiger partial charge in [-0.25, -0.2) is 0 Å². The van der Waals surface area contributed by atoms with Crippen LogP contribution in [0.2, 0.25) is 0 Å². The van der Waals surface area contributed by atoms with E-state index in [-0.39, 0.29) is 5.92 Å². The maximum Gasteiger partial charge on any atom is 0.224 e. The van der Waals surface area contributed by atoms with Crippen LogP contribution in [0.3, 0.4) is 0 Å². The second kappa shape index (κ2) is 10.6. The van der Waals surface area contributed by atoms with Gasteiger partial charge in [0, 0.05) is 25.2 Å². The quantitative estimate of drug-likeness (QED) is 0.772. The number of likely N-dealkylation sites (tertiary alicyclic amines) is 2. The summed E-state index contributed by atoms with van der Waals surface area (Å²) in [6.07, 6.45) is 8.01. The molecule has 3 heterocycles. The van der Waals surface area contributed by atoms with Gasteiger partial charge in [-0.2, -0.15) is 0 Å². The van der Waals surface area contributed by atoms with Crippen molar-refractivity contribution in [2.45, 2.75) is 57.0 Å². The van der Waals surface area contributed by atoms with Crippen molar-refractivity contribution in [1.29, 1.82) is 0 Å². The molecular weight excluding hydrogens is 360 g/mol. The van der Waals surface area contributed by atoms with Crippen LogP contribution in [0, 0.1) is 5.92 Å². The fourth-order valence-electron chi connectivity index (χ4n) is 5.28. The van der Waals surface area contributed by atoms with Gasteiger partial charge in [-0.1, -0.05) is 30.3 Å². The van der Waals surface area contributed by atoms with Crippen LogP contribution in [-0.2, 0) is 11.2 Å². The van der Waals surface area contributed by atoms with E-state index in [1.807, 2.05) is 0 Å². The molecule has 3 fully saturated rings. The summed E-state index contributed by atoms with van der Waals surface area (Å²) in [4.78, 5) is 18.0. The maximum atomic E-state index is 12.8. The number of hydrogen-bond donors (Lipinski definition) is 2. The minimum absolute atomic E-state index is 0.190. The molecule has 4 rings (SSSR count). The summed E-state index contributed by atoms with van der Waals surface area (Å²) in [5.74, 6) is 0.497. The highest BCUT2D eigenvalue weighted by molar-refractivity contribution is 5.79. The molecule has 3 aliphatic rings. The molecule has 1 amide bonds. The second-order valence-electron chi connectivity index (χ2n) is 9.18. The maximum absolute atomic E-state index is 12.8. The van der Waals surface area contributed by atoms with Gasteiger partial charge >= 0.3 is 0 Å². The summed E-state index contributed by atoms with van der Waals surface area (Å²) in [7, 11) is 0. The Kier molecular flexibility index (Phi) is 7.58. The number of carbonyl (C=O) groups is 1. The van der Waals surface area contributed by atoms with Gasteiger partial charge in [-0.05, 0) is 83.2 Å². The van der Waals surface area contributed by atoms with Crippen molar-refractivity contribution in [1.82, 2.24) is 20.4 Å². The lowest BCUT2D eigenvalue weighted by atomic mass is 9.92. The van der Waals surface area contributed by atoms with E-state index in [4.69, 9.17) is 0 Å². The molecule has 0 radical (unpaired) electrons. The van der Waals surface area contributed by atoms with Crippen LogP contribution in [-0.4, -0.2) is 73.6 Å². The molecule has 1 unspecified atom stereocenters. The normalized spacial score (nSPS) is 25.7. The number of piperidine rings is 3. The Labute approximate surface area is 176 Å². The average Bonchev–Trinajstić information content (AvgIpc) is 2.79. The summed E-state index contributed by atoms with van der Waals surface area (Å²) in [5.41, 5.74) is 1.44. The minimum atomic E-state index is 0.190. The average molecular weight is 399 g/mol. The number of rotatable bonds is 6. The number of hydrogen-bond acceptors (Lipinski definition) is 4. The summed E-state index contributed by atoms with van der Waals surface area (Å²) < 4.78 is 0. The zero-order valence-electron chi connectivity index (χ0n) is 17.8. The zero-order valence-corrected chi connectivity index (χ0v) is 17.8. The largest absolute Gasteiger partial charge is 0.353 e. The lowest BCUT2D eigenvalue weighted by molar-refractivity contribution is -0.128. The van der Waals surface area contributed by atoms with E-state index in [1.54, 1.807) is 0 Å². The number of benzene rings is 1.